The van der Waals surface area contributed by atoms with Gasteiger partial charge < -0.3 is 14.8 Å². The molecule has 0 aliphatic carbocycles. The summed E-state index contributed by atoms with van der Waals surface area (Å²) in [5.74, 6) is 0.301. The zero-order chi connectivity index (χ0) is 17.3. The lowest BCUT2D eigenvalue weighted by molar-refractivity contribution is -0.140. The molecule has 0 aliphatic heterocycles. The van der Waals surface area contributed by atoms with Gasteiger partial charge in [0.1, 0.15) is 17.4 Å². The number of benzene rings is 1. The quantitative estimate of drug-likeness (QED) is 0.750. The Hall–Kier alpha value is -2.06. The summed E-state index contributed by atoms with van der Waals surface area (Å²) in [5, 5.41) is 12.0. The Morgan fingerprint density at radius 1 is 1.35 bits per heavy atom. The maximum Gasteiger partial charge on any atom is 0.256 e. The molecule has 1 aromatic rings. The van der Waals surface area contributed by atoms with E-state index in [1.807, 2.05) is 13.8 Å². The Kier molecular flexibility index (Phi) is 7.56. The van der Waals surface area contributed by atoms with E-state index in [-0.39, 0.29) is 5.91 Å². The molecule has 23 heavy (non-hydrogen) atoms. The predicted octanol–water partition coefficient (Wildman–Crippen LogP) is 3.88. The second-order valence-electron chi connectivity index (χ2n) is 5.66. The van der Waals surface area contributed by atoms with Crippen LogP contribution < -0.4 is 10.1 Å². The molecule has 0 aromatic heterocycles. The summed E-state index contributed by atoms with van der Waals surface area (Å²) >= 11 is 0. The highest BCUT2D eigenvalue weighted by atomic mass is 16.5. The predicted molar refractivity (Wildman–Crippen MR) is 90.5 cm³/mol. The minimum absolute atomic E-state index is 0.187. The molecule has 0 fully saturated rings. The first-order valence-corrected chi connectivity index (χ1v) is 8.04. The van der Waals surface area contributed by atoms with Gasteiger partial charge in [-0.15, -0.1) is 0 Å². The first kappa shape index (κ1) is 19.0. The molecule has 0 unspecified atom stereocenters. The van der Waals surface area contributed by atoms with Crippen LogP contribution in [0.1, 0.15) is 52.0 Å². The van der Waals surface area contributed by atoms with Gasteiger partial charge in [-0.3, -0.25) is 4.79 Å². The molecule has 1 atom stereocenters. The van der Waals surface area contributed by atoms with E-state index in [9.17, 15) is 4.79 Å². The molecule has 0 bridgehead atoms. The highest BCUT2D eigenvalue weighted by Gasteiger charge is 2.33. The molecule has 5 nitrogen and oxygen atoms in total. The van der Waals surface area contributed by atoms with Gasteiger partial charge in [-0.25, -0.2) is 0 Å². The van der Waals surface area contributed by atoms with Crippen LogP contribution in [0.3, 0.4) is 0 Å². The molecule has 1 rings (SSSR count). The topological polar surface area (TPSA) is 71.3 Å². The molecule has 0 spiro atoms. The van der Waals surface area contributed by atoms with Crippen molar-refractivity contribution >= 4 is 11.6 Å². The number of ether oxygens (including phenoxy) is 2. The SMILES string of the molecule is CCCC[C@](C)(OCCC)C(=O)Nc1ccc(OC)c(C#N)c1. The number of anilines is 1. The fraction of sp³-hybridized carbons (Fsp3) is 0.556. The number of nitriles is 1. The maximum absolute atomic E-state index is 12.6. The molecule has 1 N–H and O–H groups in total. The Labute approximate surface area is 138 Å². The summed E-state index contributed by atoms with van der Waals surface area (Å²) in [6.07, 6.45) is 3.44. The Morgan fingerprint density at radius 2 is 2.09 bits per heavy atom. The van der Waals surface area contributed by atoms with Crippen LogP contribution in [0.5, 0.6) is 5.75 Å². The van der Waals surface area contributed by atoms with Crippen LogP contribution >= 0.6 is 0 Å². The van der Waals surface area contributed by atoms with E-state index in [1.165, 1.54) is 7.11 Å². The third kappa shape index (κ3) is 5.26. The van der Waals surface area contributed by atoms with Crippen molar-refractivity contribution in [3.8, 4) is 11.8 Å². The number of carbonyl (C=O) groups is 1. The third-order valence-electron chi connectivity index (χ3n) is 3.69. The molecule has 0 saturated carbocycles. The average molecular weight is 318 g/mol. The van der Waals surface area contributed by atoms with Gasteiger partial charge in [0, 0.05) is 12.3 Å². The van der Waals surface area contributed by atoms with Crippen molar-refractivity contribution in [2.75, 3.05) is 19.0 Å². The zero-order valence-electron chi connectivity index (χ0n) is 14.4. The van der Waals surface area contributed by atoms with Gasteiger partial charge in [0.2, 0.25) is 0 Å². The number of rotatable bonds is 9. The number of nitrogens with one attached hydrogen (secondary N) is 1. The Bertz CT molecular complexity index is 556. The van der Waals surface area contributed by atoms with Gasteiger partial charge in [0.25, 0.3) is 5.91 Å². The van der Waals surface area contributed by atoms with Crippen molar-refractivity contribution in [2.45, 2.75) is 52.1 Å². The highest BCUT2D eigenvalue weighted by Crippen LogP contribution is 2.25. The second kappa shape index (κ2) is 9.16. The Balaban J connectivity index is 2.91. The molecule has 0 heterocycles. The van der Waals surface area contributed by atoms with Crippen LogP contribution in [0.25, 0.3) is 0 Å². The summed E-state index contributed by atoms with van der Waals surface area (Å²) in [7, 11) is 1.51. The van der Waals surface area contributed by atoms with Crippen molar-refractivity contribution in [1.29, 1.82) is 5.26 Å². The van der Waals surface area contributed by atoms with Crippen molar-refractivity contribution < 1.29 is 14.3 Å². The average Bonchev–Trinajstić information content (AvgIpc) is 2.57. The fourth-order valence-corrected chi connectivity index (χ4v) is 2.23. The molecule has 1 amide bonds. The van der Waals surface area contributed by atoms with Crippen LogP contribution in [0.4, 0.5) is 5.69 Å². The van der Waals surface area contributed by atoms with E-state index >= 15 is 0 Å². The van der Waals surface area contributed by atoms with Crippen LogP contribution in [0.15, 0.2) is 18.2 Å². The zero-order valence-corrected chi connectivity index (χ0v) is 14.4. The van der Waals surface area contributed by atoms with Gasteiger partial charge in [-0.1, -0.05) is 26.7 Å². The van der Waals surface area contributed by atoms with E-state index in [2.05, 4.69) is 18.3 Å². The summed E-state index contributed by atoms with van der Waals surface area (Å²) < 4.78 is 10.9. The van der Waals surface area contributed by atoms with Crippen LogP contribution in [-0.2, 0) is 9.53 Å². The van der Waals surface area contributed by atoms with Gasteiger partial charge >= 0.3 is 0 Å². The summed E-state index contributed by atoms with van der Waals surface area (Å²) in [4.78, 5) is 12.6. The first-order valence-electron chi connectivity index (χ1n) is 8.04. The monoisotopic (exact) mass is 318 g/mol. The van der Waals surface area contributed by atoms with Crippen molar-refractivity contribution in [1.82, 2.24) is 0 Å². The van der Waals surface area contributed by atoms with Crippen LogP contribution in [0.2, 0.25) is 0 Å². The van der Waals surface area contributed by atoms with E-state index in [1.54, 1.807) is 18.2 Å². The van der Waals surface area contributed by atoms with Crippen LogP contribution in [0, 0.1) is 11.3 Å². The van der Waals surface area contributed by atoms with Crippen LogP contribution in [-0.4, -0.2) is 25.2 Å². The van der Waals surface area contributed by atoms with E-state index in [0.717, 1.165) is 19.3 Å². The van der Waals surface area contributed by atoms with Gasteiger partial charge in [0.15, 0.2) is 0 Å². The van der Waals surface area contributed by atoms with E-state index in [0.29, 0.717) is 30.0 Å². The lowest BCUT2D eigenvalue weighted by Gasteiger charge is -2.28. The van der Waals surface area contributed by atoms with Gasteiger partial charge in [-0.05, 0) is 38.0 Å². The second-order valence-corrected chi connectivity index (χ2v) is 5.66. The lowest BCUT2D eigenvalue weighted by atomic mass is 9.97. The number of hydrogen-bond donors (Lipinski definition) is 1. The first-order chi connectivity index (χ1) is 11.0. The molecule has 0 saturated heterocycles. The molecule has 0 aliphatic rings. The fourth-order valence-electron chi connectivity index (χ4n) is 2.23. The standard InChI is InChI=1S/C18H26N2O3/c1-5-7-10-18(3,23-11-6-2)17(21)20-15-8-9-16(22-4)14(12-15)13-19/h8-9,12H,5-7,10-11H2,1-4H3,(H,20,21)/t18-/m0/s1. The number of unbranched alkanes of at least 4 members (excludes halogenated alkanes) is 1. The van der Waals surface area contributed by atoms with Crippen molar-refractivity contribution in [3.63, 3.8) is 0 Å². The molecular weight excluding hydrogens is 292 g/mol. The minimum Gasteiger partial charge on any atom is -0.495 e. The van der Waals surface area contributed by atoms with Gasteiger partial charge in [0.05, 0.1) is 12.7 Å². The summed E-state index contributed by atoms with van der Waals surface area (Å²) in [6, 6.07) is 7.06. The molecule has 1 aromatic carbocycles. The summed E-state index contributed by atoms with van der Waals surface area (Å²) in [6.45, 7) is 6.46. The normalized spacial score (nSPS) is 13.0. The number of hydrogen-bond acceptors (Lipinski definition) is 4. The molecule has 126 valence electrons. The minimum atomic E-state index is -0.862. The van der Waals surface area contributed by atoms with E-state index in [4.69, 9.17) is 14.7 Å². The largest absolute Gasteiger partial charge is 0.495 e. The smallest absolute Gasteiger partial charge is 0.256 e. The molecule has 5 heteroatoms. The van der Waals surface area contributed by atoms with Crippen molar-refractivity contribution in [3.05, 3.63) is 23.8 Å². The Morgan fingerprint density at radius 3 is 2.65 bits per heavy atom. The maximum atomic E-state index is 12.6. The molecule has 0 radical (unpaired) electrons. The number of nitrogens with zero attached hydrogens (tertiary/aromatic N) is 1. The van der Waals surface area contributed by atoms with Crippen molar-refractivity contribution in [2.24, 2.45) is 0 Å². The number of carbonyl (C=O) groups excluding carboxylic acids is 1. The third-order valence-corrected chi connectivity index (χ3v) is 3.69. The molecular formula is C18H26N2O3. The lowest BCUT2D eigenvalue weighted by Crippen LogP contribution is -2.43. The number of amides is 1. The van der Waals surface area contributed by atoms with E-state index < -0.39 is 5.60 Å². The number of methoxy groups -OCH3 is 1. The highest BCUT2D eigenvalue weighted by molar-refractivity contribution is 5.97. The van der Waals surface area contributed by atoms with Gasteiger partial charge in [-0.2, -0.15) is 5.26 Å². The summed E-state index contributed by atoms with van der Waals surface area (Å²) in [5.41, 5.74) is 0.0869.